The predicted octanol–water partition coefficient (Wildman–Crippen LogP) is 0.896. The van der Waals surface area contributed by atoms with Gasteiger partial charge in [0.05, 0.1) is 12.0 Å². The number of nitrogens with one attached hydrogen (secondary N) is 1. The highest BCUT2D eigenvalue weighted by Crippen LogP contribution is 2.18. The van der Waals surface area contributed by atoms with Crippen molar-refractivity contribution in [1.29, 1.82) is 0 Å². The van der Waals surface area contributed by atoms with Gasteiger partial charge in [0.25, 0.3) is 0 Å². The minimum Gasteiger partial charge on any atom is -0.481 e. The molecule has 0 aromatic heterocycles. The highest BCUT2D eigenvalue weighted by atomic mass is 35.5. The zero-order valence-electron chi connectivity index (χ0n) is 8.53. The van der Waals surface area contributed by atoms with E-state index >= 15 is 0 Å². The van der Waals surface area contributed by atoms with Gasteiger partial charge in [0.2, 0.25) is 0 Å². The molecule has 4 nitrogen and oxygen atoms in total. The first-order valence-electron chi connectivity index (χ1n) is 4.65. The molecule has 0 aromatic carbocycles. The molecule has 1 saturated heterocycles. The summed E-state index contributed by atoms with van der Waals surface area (Å²) in [7, 11) is 1.57. The van der Waals surface area contributed by atoms with Crippen LogP contribution in [-0.2, 0) is 9.53 Å². The van der Waals surface area contributed by atoms with Gasteiger partial charge in [-0.25, -0.2) is 0 Å². The third-order valence-electron chi connectivity index (χ3n) is 2.65. The van der Waals surface area contributed by atoms with E-state index in [0.717, 1.165) is 19.4 Å². The number of carbonyl (C=O) groups is 1. The van der Waals surface area contributed by atoms with Crippen molar-refractivity contribution in [3.8, 4) is 0 Å². The van der Waals surface area contributed by atoms with E-state index < -0.39 is 11.9 Å². The van der Waals surface area contributed by atoms with Crippen molar-refractivity contribution in [2.75, 3.05) is 13.7 Å². The number of hydrogen-bond donors (Lipinski definition) is 2. The van der Waals surface area contributed by atoms with E-state index in [-0.39, 0.29) is 24.6 Å². The Labute approximate surface area is 90.4 Å². The second-order valence-electron chi connectivity index (χ2n) is 3.53. The molecule has 1 aliphatic heterocycles. The topological polar surface area (TPSA) is 58.6 Å². The Bertz CT molecular complexity index is 183. The summed E-state index contributed by atoms with van der Waals surface area (Å²) in [6, 6.07) is 0.205. The van der Waals surface area contributed by atoms with Crippen molar-refractivity contribution in [2.45, 2.75) is 31.9 Å². The summed E-state index contributed by atoms with van der Waals surface area (Å²) in [5.41, 5.74) is 0. The van der Waals surface area contributed by atoms with Crippen LogP contribution in [0.2, 0.25) is 0 Å². The van der Waals surface area contributed by atoms with Crippen LogP contribution in [0.3, 0.4) is 0 Å². The summed E-state index contributed by atoms with van der Waals surface area (Å²) in [6.07, 6.45) is 1.91. The minimum absolute atomic E-state index is 0. The Kier molecular flexibility index (Phi) is 6.08. The molecule has 5 heteroatoms. The predicted molar refractivity (Wildman–Crippen MR) is 55.9 cm³/mol. The molecule has 84 valence electrons. The molecule has 3 atom stereocenters. The Balaban J connectivity index is 0.00000169. The molecule has 1 aliphatic rings. The number of hydrogen-bond acceptors (Lipinski definition) is 3. The molecule has 2 unspecified atom stereocenters. The largest absolute Gasteiger partial charge is 0.481 e. The number of ether oxygens (including phenoxy) is 1. The maximum atomic E-state index is 10.7. The standard InChI is InChI=1S/C9H17NO3.ClH/c1-6(9(11)12)8(13-2)7-4-3-5-10-7;/h6-8,10H,3-5H2,1-2H3,(H,11,12);1H/t6?,7?,8-;/m0./s1. The molecule has 0 bridgehead atoms. The normalized spacial score (nSPS) is 25.1. The first kappa shape index (κ1) is 13.7. The molecule has 1 fully saturated rings. The monoisotopic (exact) mass is 223 g/mol. The van der Waals surface area contributed by atoms with E-state index in [1.54, 1.807) is 14.0 Å². The molecule has 0 saturated carbocycles. The van der Waals surface area contributed by atoms with Crippen LogP contribution < -0.4 is 5.32 Å². The summed E-state index contributed by atoms with van der Waals surface area (Å²) >= 11 is 0. The van der Waals surface area contributed by atoms with E-state index in [2.05, 4.69) is 5.32 Å². The zero-order valence-corrected chi connectivity index (χ0v) is 9.34. The number of aliphatic carboxylic acids is 1. The maximum absolute atomic E-state index is 10.7. The summed E-state index contributed by atoms with van der Waals surface area (Å²) < 4.78 is 5.21. The van der Waals surface area contributed by atoms with Crippen LogP contribution in [0.15, 0.2) is 0 Å². The van der Waals surface area contributed by atoms with Gasteiger partial charge < -0.3 is 15.2 Å². The average Bonchev–Trinajstić information content (AvgIpc) is 2.58. The van der Waals surface area contributed by atoms with Gasteiger partial charge in [-0.1, -0.05) is 0 Å². The number of methoxy groups -OCH3 is 1. The van der Waals surface area contributed by atoms with Crippen LogP contribution in [0.25, 0.3) is 0 Å². The lowest BCUT2D eigenvalue weighted by molar-refractivity contribution is -0.146. The van der Waals surface area contributed by atoms with Gasteiger partial charge in [0.1, 0.15) is 0 Å². The lowest BCUT2D eigenvalue weighted by atomic mass is 9.97. The van der Waals surface area contributed by atoms with E-state index in [9.17, 15) is 4.79 Å². The Hall–Kier alpha value is -0.320. The van der Waals surface area contributed by atoms with Crippen molar-refractivity contribution < 1.29 is 14.6 Å². The van der Waals surface area contributed by atoms with Crippen LogP contribution in [-0.4, -0.2) is 36.9 Å². The number of rotatable bonds is 4. The molecule has 14 heavy (non-hydrogen) atoms. The van der Waals surface area contributed by atoms with Crippen molar-refractivity contribution in [3.05, 3.63) is 0 Å². The first-order chi connectivity index (χ1) is 6.16. The Morgan fingerprint density at radius 1 is 1.64 bits per heavy atom. The Morgan fingerprint density at radius 2 is 2.29 bits per heavy atom. The Morgan fingerprint density at radius 3 is 2.64 bits per heavy atom. The molecule has 0 aliphatic carbocycles. The van der Waals surface area contributed by atoms with Gasteiger partial charge in [0, 0.05) is 13.2 Å². The van der Waals surface area contributed by atoms with Gasteiger partial charge in [-0.3, -0.25) is 4.79 Å². The van der Waals surface area contributed by atoms with Crippen molar-refractivity contribution in [2.24, 2.45) is 5.92 Å². The van der Waals surface area contributed by atoms with Gasteiger partial charge >= 0.3 is 5.97 Å². The lowest BCUT2D eigenvalue weighted by Crippen LogP contribution is -2.43. The summed E-state index contributed by atoms with van der Waals surface area (Å²) in [5, 5.41) is 12.1. The lowest BCUT2D eigenvalue weighted by Gasteiger charge is -2.25. The highest BCUT2D eigenvalue weighted by Gasteiger charge is 2.32. The third kappa shape index (κ3) is 3.12. The molecule has 1 heterocycles. The van der Waals surface area contributed by atoms with Crippen LogP contribution >= 0.6 is 12.4 Å². The van der Waals surface area contributed by atoms with E-state index in [4.69, 9.17) is 9.84 Å². The summed E-state index contributed by atoms with van der Waals surface area (Å²) in [5.74, 6) is -1.24. The molecule has 0 spiro atoms. The molecule has 1 rings (SSSR count). The third-order valence-corrected chi connectivity index (χ3v) is 2.65. The molecule has 0 amide bonds. The molecular weight excluding hydrogens is 206 g/mol. The molecular formula is C9H18ClNO3. The average molecular weight is 224 g/mol. The van der Waals surface area contributed by atoms with Crippen molar-refractivity contribution in [3.63, 3.8) is 0 Å². The van der Waals surface area contributed by atoms with E-state index in [0.29, 0.717) is 0 Å². The fourth-order valence-corrected chi connectivity index (χ4v) is 1.85. The van der Waals surface area contributed by atoms with Gasteiger partial charge in [-0.05, 0) is 26.3 Å². The van der Waals surface area contributed by atoms with Crippen molar-refractivity contribution >= 4 is 18.4 Å². The van der Waals surface area contributed by atoms with Crippen LogP contribution in [0, 0.1) is 5.92 Å². The summed E-state index contributed by atoms with van der Waals surface area (Å²) in [4.78, 5) is 10.7. The maximum Gasteiger partial charge on any atom is 0.308 e. The summed E-state index contributed by atoms with van der Waals surface area (Å²) in [6.45, 7) is 2.66. The highest BCUT2D eigenvalue weighted by molar-refractivity contribution is 5.85. The smallest absolute Gasteiger partial charge is 0.308 e. The van der Waals surface area contributed by atoms with E-state index in [1.165, 1.54) is 0 Å². The molecule has 2 N–H and O–H groups in total. The van der Waals surface area contributed by atoms with Gasteiger partial charge in [-0.15, -0.1) is 12.4 Å². The van der Waals surface area contributed by atoms with Gasteiger partial charge in [0.15, 0.2) is 0 Å². The van der Waals surface area contributed by atoms with E-state index in [1.807, 2.05) is 0 Å². The molecule has 0 radical (unpaired) electrons. The zero-order chi connectivity index (χ0) is 9.84. The van der Waals surface area contributed by atoms with Crippen molar-refractivity contribution in [1.82, 2.24) is 5.32 Å². The number of carboxylic acid groups (broad SMARTS) is 1. The first-order valence-corrected chi connectivity index (χ1v) is 4.65. The van der Waals surface area contributed by atoms with Gasteiger partial charge in [-0.2, -0.15) is 0 Å². The number of carboxylic acids is 1. The second-order valence-corrected chi connectivity index (χ2v) is 3.53. The fraction of sp³-hybridized carbons (Fsp3) is 0.889. The minimum atomic E-state index is -0.791. The fourth-order valence-electron chi connectivity index (χ4n) is 1.85. The number of halogens is 1. The van der Waals surface area contributed by atoms with Crippen LogP contribution in [0.1, 0.15) is 19.8 Å². The molecule has 0 aromatic rings. The van der Waals surface area contributed by atoms with Crippen LogP contribution in [0.5, 0.6) is 0 Å². The SMILES string of the molecule is CO[C@H](C1CCCN1)C(C)C(=O)O.Cl. The second kappa shape index (κ2) is 6.22. The quantitative estimate of drug-likeness (QED) is 0.744. The van der Waals surface area contributed by atoms with Crippen LogP contribution in [0.4, 0.5) is 0 Å².